The Labute approximate surface area is 105 Å². The third-order valence-electron chi connectivity index (χ3n) is 2.68. The Bertz CT molecular complexity index is 570. The van der Waals surface area contributed by atoms with E-state index in [1.807, 2.05) is 6.07 Å². The topological polar surface area (TPSA) is 66.6 Å². The molecule has 0 aliphatic carbocycles. The molecule has 0 bridgehead atoms. The monoisotopic (exact) mass is 248 g/mol. The van der Waals surface area contributed by atoms with Gasteiger partial charge in [0.2, 0.25) is 0 Å². The summed E-state index contributed by atoms with van der Waals surface area (Å²) in [5, 5.41) is 0.811. The Morgan fingerprint density at radius 3 is 2.50 bits per heavy atom. The standard InChI is InChI=1S/C13H16N2O3/c1-16-7-8-4-11(14)10-5-9(17-2)6-12(18-3)13(10)15-8/h4-6H,7H2,1-3H3,(H2,14,15). The Kier molecular flexibility index (Phi) is 3.53. The highest BCUT2D eigenvalue weighted by molar-refractivity contribution is 5.95. The molecule has 18 heavy (non-hydrogen) atoms. The Balaban J connectivity index is 2.70. The summed E-state index contributed by atoms with van der Waals surface area (Å²) in [6.45, 7) is 0.412. The van der Waals surface area contributed by atoms with Crippen molar-refractivity contribution >= 4 is 16.6 Å². The number of hydrogen-bond donors (Lipinski definition) is 1. The zero-order valence-electron chi connectivity index (χ0n) is 10.7. The molecule has 2 aromatic rings. The lowest BCUT2D eigenvalue weighted by Crippen LogP contribution is -1.99. The molecule has 0 spiro atoms. The molecule has 0 aliphatic heterocycles. The van der Waals surface area contributed by atoms with E-state index in [4.69, 9.17) is 19.9 Å². The number of ether oxygens (including phenoxy) is 3. The molecule has 0 saturated carbocycles. The van der Waals surface area contributed by atoms with Crippen LogP contribution in [-0.4, -0.2) is 26.3 Å². The number of benzene rings is 1. The quantitative estimate of drug-likeness (QED) is 0.896. The number of hydrogen-bond acceptors (Lipinski definition) is 5. The van der Waals surface area contributed by atoms with Crippen molar-refractivity contribution in [1.29, 1.82) is 0 Å². The van der Waals surface area contributed by atoms with E-state index in [9.17, 15) is 0 Å². The first kappa shape index (κ1) is 12.4. The van der Waals surface area contributed by atoms with Crippen molar-refractivity contribution in [2.45, 2.75) is 6.61 Å². The smallest absolute Gasteiger partial charge is 0.148 e. The molecular weight excluding hydrogens is 232 g/mol. The van der Waals surface area contributed by atoms with Gasteiger partial charge in [0.15, 0.2) is 0 Å². The first-order chi connectivity index (χ1) is 8.69. The second kappa shape index (κ2) is 5.10. The van der Waals surface area contributed by atoms with E-state index >= 15 is 0 Å². The van der Waals surface area contributed by atoms with Crippen molar-refractivity contribution in [1.82, 2.24) is 4.98 Å². The molecule has 0 atom stereocenters. The van der Waals surface area contributed by atoms with E-state index in [1.54, 1.807) is 33.5 Å². The van der Waals surface area contributed by atoms with E-state index < -0.39 is 0 Å². The molecular formula is C13H16N2O3. The molecule has 0 amide bonds. The van der Waals surface area contributed by atoms with Gasteiger partial charge in [-0.1, -0.05) is 0 Å². The molecule has 5 heteroatoms. The van der Waals surface area contributed by atoms with Gasteiger partial charge in [0.1, 0.15) is 17.0 Å². The van der Waals surface area contributed by atoms with Crippen LogP contribution < -0.4 is 15.2 Å². The van der Waals surface area contributed by atoms with Gasteiger partial charge in [0.25, 0.3) is 0 Å². The van der Waals surface area contributed by atoms with Gasteiger partial charge in [-0.3, -0.25) is 0 Å². The van der Waals surface area contributed by atoms with E-state index in [2.05, 4.69) is 4.98 Å². The fourth-order valence-corrected chi connectivity index (χ4v) is 1.85. The third-order valence-corrected chi connectivity index (χ3v) is 2.68. The maximum absolute atomic E-state index is 6.03. The number of nitrogen functional groups attached to an aromatic ring is 1. The molecule has 1 heterocycles. The lowest BCUT2D eigenvalue weighted by Gasteiger charge is -2.11. The fourth-order valence-electron chi connectivity index (χ4n) is 1.85. The van der Waals surface area contributed by atoms with E-state index in [1.165, 1.54) is 0 Å². The minimum atomic E-state index is 0.412. The Hall–Kier alpha value is -2.01. The summed E-state index contributed by atoms with van der Waals surface area (Å²) in [5.41, 5.74) is 8.14. The number of pyridine rings is 1. The van der Waals surface area contributed by atoms with Gasteiger partial charge in [0, 0.05) is 24.2 Å². The Morgan fingerprint density at radius 1 is 1.11 bits per heavy atom. The van der Waals surface area contributed by atoms with Gasteiger partial charge in [-0.15, -0.1) is 0 Å². The molecule has 96 valence electrons. The largest absolute Gasteiger partial charge is 0.497 e. The number of anilines is 1. The molecule has 0 saturated heterocycles. The highest BCUT2D eigenvalue weighted by atomic mass is 16.5. The molecule has 2 rings (SSSR count). The summed E-state index contributed by atoms with van der Waals surface area (Å²) in [7, 11) is 4.81. The van der Waals surface area contributed by atoms with E-state index in [-0.39, 0.29) is 0 Å². The molecule has 0 radical (unpaired) electrons. The highest BCUT2D eigenvalue weighted by Crippen LogP contribution is 2.33. The van der Waals surface area contributed by atoms with Crippen LogP contribution in [0, 0.1) is 0 Å². The second-order valence-corrected chi connectivity index (χ2v) is 3.86. The Morgan fingerprint density at radius 2 is 1.89 bits per heavy atom. The molecule has 2 N–H and O–H groups in total. The zero-order valence-corrected chi connectivity index (χ0v) is 10.7. The lowest BCUT2D eigenvalue weighted by atomic mass is 10.1. The van der Waals surface area contributed by atoms with Gasteiger partial charge in [-0.25, -0.2) is 4.98 Å². The predicted octanol–water partition coefficient (Wildman–Crippen LogP) is 1.98. The van der Waals surface area contributed by atoms with Crippen molar-refractivity contribution < 1.29 is 14.2 Å². The van der Waals surface area contributed by atoms with Crippen LogP contribution in [0.3, 0.4) is 0 Å². The van der Waals surface area contributed by atoms with Crippen LogP contribution in [0.25, 0.3) is 10.9 Å². The number of nitrogens with two attached hydrogens (primary N) is 1. The van der Waals surface area contributed by atoms with E-state index in [0.29, 0.717) is 29.3 Å². The average Bonchev–Trinajstić information content (AvgIpc) is 2.38. The molecule has 1 aromatic carbocycles. The van der Waals surface area contributed by atoms with Crippen LogP contribution in [0.5, 0.6) is 11.5 Å². The summed E-state index contributed by atoms with van der Waals surface area (Å²) in [5.74, 6) is 1.32. The van der Waals surface area contributed by atoms with Crippen molar-refractivity contribution in [2.24, 2.45) is 0 Å². The van der Waals surface area contributed by atoms with Gasteiger partial charge < -0.3 is 19.9 Å². The van der Waals surface area contributed by atoms with Gasteiger partial charge in [-0.2, -0.15) is 0 Å². The van der Waals surface area contributed by atoms with Crippen LogP contribution in [0.4, 0.5) is 5.69 Å². The van der Waals surface area contributed by atoms with Gasteiger partial charge >= 0.3 is 0 Å². The summed E-state index contributed by atoms with van der Waals surface area (Å²) < 4.78 is 15.6. The fraction of sp³-hybridized carbons (Fsp3) is 0.308. The molecule has 0 aliphatic rings. The highest BCUT2D eigenvalue weighted by Gasteiger charge is 2.11. The molecule has 5 nitrogen and oxygen atoms in total. The molecule has 0 fully saturated rings. The van der Waals surface area contributed by atoms with Crippen molar-refractivity contribution in [3.8, 4) is 11.5 Å². The van der Waals surface area contributed by atoms with Crippen molar-refractivity contribution in [3.63, 3.8) is 0 Å². The summed E-state index contributed by atoms with van der Waals surface area (Å²) >= 11 is 0. The maximum atomic E-state index is 6.03. The minimum Gasteiger partial charge on any atom is -0.497 e. The molecule has 0 unspecified atom stereocenters. The number of aromatic nitrogens is 1. The van der Waals surface area contributed by atoms with Crippen LogP contribution in [-0.2, 0) is 11.3 Å². The number of methoxy groups -OCH3 is 3. The maximum Gasteiger partial charge on any atom is 0.148 e. The second-order valence-electron chi connectivity index (χ2n) is 3.86. The van der Waals surface area contributed by atoms with Crippen LogP contribution >= 0.6 is 0 Å². The van der Waals surface area contributed by atoms with Crippen LogP contribution in [0.2, 0.25) is 0 Å². The average molecular weight is 248 g/mol. The van der Waals surface area contributed by atoms with Crippen molar-refractivity contribution in [3.05, 3.63) is 23.9 Å². The predicted molar refractivity (Wildman–Crippen MR) is 70.0 cm³/mol. The van der Waals surface area contributed by atoms with Gasteiger partial charge in [0.05, 0.1) is 26.5 Å². The first-order valence-electron chi connectivity index (χ1n) is 5.49. The van der Waals surface area contributed by atoms with E-state index in [0.717, 1.165) is 11.1 Å². The normalized spacial score (nSPS) is 10.6. The lowest BCUT2D eigenvalue weighted by molar-refractivity contribution is 0.182. The zero-order chi connectivity index (χ0) is 13.1. The van der Waals surface area contributed by atoms with Crippen LogP contribution in [0.1, 0.15) is 5.69 Å². The van der Waals surface area contributed by atoms with Gasteiger partial charge in [-0.05, 0) is 12.1 Å². The molecule has 1 aromatic heterocycles. The SMILES string of the molecule is COCc1cc(N)c2cc(OC)cc(OC)c2n1. The first-order valence-corrected chi connectivity index (χ1v) is 5.49. The van der Waals surface area contributed by atoms with Crippen molar-refractivity contribution in [2.75, 3.05) is 27.1 Å². The minimum absolute atomic E-state index is 0.412. The number of fused-ring (bicyclic) bond motifs is 1. The summed E-state index contributed by atoms with van der Waals surface area (Å²) in [6.07, 6.45) is 0. The number of rotatable bonds is 4. The number of nitrogens with zero attached hydrogens (tertiary/aromatic N) is 1. The summed E-state index contributed by atoms with van der Waals surface area (Å²) in [4.78, 5) is 4.49. The summed E-state index contributed by atoms with van der Waals surface area (Å²) in [6, 6.07) is 5.42. The third kappa shape index (κ3) is 2.17. The van der Waals surface area contributed by atoms with Crippen LogP contribution in [0.15, 0.2) is 18.2 Å².